The van der Waals surface area contributed by atoms with Crippen LogP contribution in [0.1, 0.15) is 25.3 Å². The normalized spacial score (nSPS) is 17.3. The lowest BCUT2D eigenvalue weighted by Crippen LogP contribution is -2.37. The second-order valence-corrected chi connectivity index (χ2v) is 6.39. The summed E-state index contributed by atoms with van der Waals surface area (Å²) in [6.07, 6.45) is 1.30. The monoisotopic (exact) mass is 348 g/mol. The van der Waals surface area contributed by atoms with Crippen molar-refractivity contribution in [3.05, 3.63) is 29.0 Å². The molecule has 7 heteroatoms. The van der Waals surface area contributed by atoms with E-state index in [0.717, 1.165) is 41.7 Å². The molecule has 0 unspecified atom stereocenters. The van der Waals surface area contributed by atoms with Crippen molar-refractivity contribution < 1.29 is 9.53 Å². The second-order valence-electron chi connectivity index (χ2n) is 6.05. The Morgan fingerprint density at radius 2 is 2.29 bits per heavy atom. The molecule has 0 bridgehead atoms. The number of rotatable bonds is 4. The van der Waals surface area contributed by atoms with Crippen molar-refractivity contribution in [2.75, 3.05) is 24.6 Å². The van der Waals surface area contributed by atoms with Gasteiger partial charge in [0.1, 0.15) is 5.82 Å². The molecular formula is C17H21ClN4O2. The van der Waals surface area contributed by atoms with Crippen molar-refractivity contribution >= 4 is 34.4 Å². The number of nitrogens with one attached hydrogen (secondary N) is 1. The Morgan fingerprint density at radius 3 is 3.08 bits per heavy atom. The summed E-state index contributed by atoms with van der Waals surface area (Å²) >= 11 is 6.09. The Kier molecular flexibility index (Phi) is 5.04. The van der Waals surface area contributed by atoms with E-state index in [4.69, 9.17) is 16.3 Å². The predicted octanol–water partition coefficient (Wildman–Crippen LogP) is 3.31. The van der Waals surface area contributed by atoms with E-state index >= 15 is 0 Å². The van der Waals surface area contributed by atoms with Crippen LogP contribution in [0.4, 0.5) is 10.6 Å². The van der Waals surface area contributed by atoms with E-state index in [1.807, 2.05) is 32.0 Å². The second kappa shape index (κ2) is 7.21. The molecule has 0 spiro atoms. The van der Waals surface area contributed by atoms with Crippen molar-refractivity contribution in [3.8, 4) is 0 Å². The van der Waals surface area contributed by atoms with Crippen molar-refractivity contribution in [1.29, 1.82) is 0 Å². The van der Waals surface area contributed by atoms with Crippen molar-refractivity contribution in [2.45, 2.75) is 32.7 Å². The average molecular weight is 349 g/mol. The van der Waals surface area contributed by atoms with Gasteiger partial charge in [-0.05, 0) is 49.1 Å². The molecule has 1 N–H and O–H groups in total. The number of hydrogen-bond acceptors (Lipinski definition) is 5. The van der Waals surface area contributed by atoms with Crippen LogP contribution in [0.2, 0.25) is 5.28 Å². The Morgan fingerprint density at radius 1 is 1.46 bits per heavy atom. The number of ether oxygens (including phenoxy) is 1. The van der Waals surface area contributed by atoms with Crippen LogP contribution in [0.5, 0.6) is 0 Å². The Bertz CT molecular complexity index is 747. The first-order valence-corrected chi connectivity index (χ1v) is 8.56. The molecule has 1 aliphatic rings. The number of nitrogens with zero attached hydrogens (tertiary/aromatic N) is 3. The van der Waals surface area contributed by atoms with Gasteiger partial charge in [0.2, 0.25) is 5.28 Å². The summed E-state index contributed by atoms with van der Waals surface area (Å²) in [5.41, 5.74) is 1.96. The number of hydrogen-bond donors (Lipinski definition) is 1. The van der Waals surface area contributed by atoms with Gasteiger partial charge in [0.25, 0.3) is 0 Å². The summed E-state index contributed by atoms with van der Waals surface area (Å²) in [5.74, 6) is 0.816. The zero-order valence-electron chi connectivity index (χ0n) is 13.9. The van der Waals surface area contributed by atoms with Gasteiger partial charge in [-0.3, -0.25) is 0 Å². The summed E-state index contributed by atoms with van der Waals surface area (Å²) in [6.45, 7) is 5.91. The fourth-order valence-corrected chi connectivity index (χ4v) is 3.08. The van der Waals surface area contributed by atoms with Gasteiger partial charge in [0, 0.05) is 18.5 Å². The third-order valence-electron chi connectivity index (χ3n) is 4.05. The number of halogens is 1. The highest BCUT2D eigenvalue weighted by atomic mass is 35.5. The number of amides is 1. The third kappa shape index (κ3) is 3.70. The summed E-state index contributed by atoms with van der Waals surface area (Å²) in [5, 5.41) is 4.12. The lowest BCUT2D eigenvalue weighted by Gasteiger charge is -2.20. The smallest absolute Gasteiger partial charge is 0.407 e. The molecular weight excluding hydrogens is 328 g/mol. The molecule has 1 aromatic heterocycles. The van der Waals surface area contributed by atoms with E-state index in [2.05, 4.69) is 20.2 Å². The molecule has 1 amide bonds. The van der Waals surface area contributed by atoms with Gasteiger partial charge < -0.3 is 15.0 Å². The first-order valence-electron chi connectivity index (χ1n) is 8.19. The van der Waals surface area contributed by atoms with E-state index < -0.39 is 0 Å². The first-order chi connectivity index (χ1) is 11.6. The lowest BCUT2D eigenvalue weighted by molar-refractivity contribution is 0.143. The quantitative estimate of drug-likeness (QED) is 0.858. The zero-order chi connectivity index (χ0) is 17.1. The molecule has 2 aromatic rings. The maximum absolute atomic E-state index is 11.7. The minimum atomic E-state index is -0.357. The number of benzene rings is 1. The van der Waals surface area contributed by atoms with E-state index in [1.165, 1.54) is 0 Å². The third-order valence-corrected chi connectivity index (χ3v) is 4.22. The van der Waals surface area contributed by atoms with E-state index in [1.54, 1.807) is 0 Å². The number of aryl methyl sites for hydroxylation is 1. The summed E-state index contributed by atoms with van der Waals surface area (Å²) < 4.78 is 5.08. The predicted molar refractivity (Wildman–Crippen MR) is 94.7 cm³/mol. The van der Waals surface area contributed by atoms with Crippen LogP contribution in [0.25, 0.3) is 10.9 Å². The molecule has 2 heterocycles. The van der Waals surface area contributed by atoms with Gasteiger partial charge in [-0.15, -0.1) is 0 Å². The molecule has 1 aromatic carbocycles. The van der Waals surface area contributed by atoms with Crippen LogP contribution in [-0.4, -0.2) is 41.8 Å². The van der Waals surface area contributed by atoms with Gasteiger partial charge in [-0.1, -0.05) is 13.0 Å². The highest BCUT2D eigenvalue weighted by molar-refractivity contribution is 6.28. The highest BCUT2D eigenvalue weighted by Crippen LogP contribution is 2.28. The van der Waals surface area contributed by atoms with Gasteiger partial charge in [0.15, 0.2) is 0 Å². The summed E-state index contributed by atoms with van der Waals surface area (Å²) in [4.78, 5) is 22.6. The van der Waals surface area contributed by atoms with E-state index in [-0.39, 0.29) is 17.4 Å². The molecule has 3 rings (SSSR count). The average Bonchev–Trinajstić information content (AvgIpc) is 3.00. The molecule has 128 valence electrons. The number of anilines is 1. The SMILES string of the molecule is CCCOC(=O)N[C@@H]1CCN(c2nc(Cl)nc3cc(C)ccc23)C1. The summed E-state index contributed by atoms with van der Waals surface area (Å²) in [7, 11) is 0. The van der Waals surface area contributed by atoms with Gasteiger partial charge in [-0.25, -0.2) is 9.78 Å². The largest absolute Gasteiger partial charge is 0.450 e. The van der Waals surface area contributed by atoms with E-state index in [9.17, 15) is 4.79 Å². The van der Waals surface area contributed by atoms with Crippen LogP contribution < -0.4 is 10.2 Å². The van der Waals surface area contributed by atoms with Crippen molar-refractivity contribution in [2.24, 2.45) is 0 Å². The van der Waals surface area contributed by atoms with Gasteiger partial charge in [-0.2, -0.15) is 4.98 Å². The minimum Gasteiger partial charge on any atom is -0.450 e. The number of carbonyl (C=O) groups is 1. The van der Waals surface area contributed by atoms with Gasteiger partial charge >= 0.3 is 6.09 Å². The van der Waals surface area contributed by atoms with Crippen LogP contribution in [0, 0.1) is 6.92 Å². The minimum absolute atomic E-state index is 0.0450. The number of alkyl carbamates (subject to hydrolysis) is 1. The Labute approximate surface area is 146 Å². The standard InChI is InChI=1S/C17H21ClN4O2/c1-3-8-24-17(23)19-12-6-7-22(10-12)15-13-5-4-11(2)9-14(13)20-16(18)21-15/h4-5,9,12H,3,6-8,10H2,1-2H3,(H,19,23)/t12-/m1/s1. The maximum atomic E-state index is 11.7. The summed E-state index contributed by atoms with van der Waals surface area (Å²) in [6, 6.07) is 6.10. The zero-order valence-corrected chi connectivity index (χ0v) is 14.6. The van der Waals surface area contributed by atoms with Gasteiger partial charge in [0.05, 0.1) is 18.2 Å². The number of carbonyl (C=O) groups excluding carboxylic acids is 1. The van der Waals surface area contributed by atoms with Crippen LogP contribution >= 0.6 is 11.6 Å². The molecule has 0 radical (unpaired) electrons. The number of aromatic nitrogens is 2. The van der Waals surface area contributed by atoms with E-state index in [0.29, 0.717) is 13.2 Å². The fraction of sp³-hybridized carbons (Fsp3) is 0.471. The molecule has 1 atom stereocenters. The number of fused-ring (bicyclic) bond motifs is 1. The molecule has 0 saturated carbocycles. The first kappa shape index (κ1) is 16.8. The van der Waals surface area contributed by atoms with Crippen molar-refractivity contribution in [3.63, 3.8) is 0 Å². The Balaban J connectivity index is 1.76. The van der Waals surface area contributed by atoms with Crippen LogP contribution in [-0.2, 0) is 4.74 Å². The van der Waals surface area contributed by atoms with Crippen LogP contribution in [0.15, 0.2) is 18.2 Å². The topological polar surface area (TPSA) is 67.3 Å². The molecule has 0 aliphatic carbocycles. The van der Waals surface area contributed by atoms with Crippen LogP contribution in [0.3, 0.4) is 0 Å². The highest BCUT2D eigenvalue weighted by Gasteiger charge is 2.27. The molecule has 24 heavy (non-hydrogen) atoms. The fourth-order valence-electron chi connectivity index (χ4n) is 2.91. The molecule has 1 saturated heterocycles. The molecule has 6 nitrogen and oxygen atoms in total. The molecule has 1 fully saturated rings. The molecule has 1 aliphatic heterocycles. The van der Waals surface area contributed by atoms with Crippen molar-refractivity contribution in [1.82, 2.24) is 15.3 Å². The maximum Gasteiger partial charge on any atom is 0.407 e. The lowest BCUT2D eigenvalue weighted by atomic mass is 10.1. The Hall–Kier alpha value is -2.08.